The first-order chi connectivity index (χ1) is 27.1. The number of likely N-dealkylation sites (N-methyl/N-ethyl adjacent to an activating group) is 1. The summed E-state index contributed by atoms with van der Waals surface area (Å²) in [6.45, 7) is 11.5. The van der Waals surface area contributed by atoms with E-state index in [1.807, 2.05) is 10.9 Å². The minimum atomic E-state index is -0.989. The number of amides is 5. The van der Waals surface area contributed by atoms with Crippen LogP contribution in [0.25, 0.3) is 0 Å². The van der Waals surface area contributed by atoms with Gasteiger partial charge in [-0.15, -0.1) is 0 Å². The number of nitrogens with zero attached hydrogens (tertiary/aromatic N) is 6. The number of benzene rings is 2. The number of rotatable bonds is 13. The van der Waals surface area contributed by atoms with Crippen LogP contribution in [0.2, 0.25) is 5.02 Å². The summed E-state index contributed by atoms with van der Waals surface area (Å²) in [4.78, 5) is 68.7. The van der Waals surface area contributed by atoms with Gasteiger partial charge in [0.05, 0.1) is 46.1 Å². The maximum atomic E-state index is 13.5. The average Bonchev–Trinajstić information content (AvgIpc) is 3.92. The van der Waals surface area contributed by atoms with Crippen molar-refractivity contribution < 1.29 is 33.4 Å². The van der Waals surface area contributed by atoms with Crippen LogP contribution in [0, 0.1) is 22.2 Å². The predicted octanol–water partition coefficient (Wildman–Crippen LogP) is 5.26. The second-order valence-corrected chi connectivity index (χ2v) is 17.1. The van der Waals surface area contributed by atoms with E-state index in [4.69, 9.17) is 21.1 Å². The van der Waals surface area contributed by atoms with Gasteiger partial charge < -0.3 is 19.7 Å². The van der Waals surface area contributed by atoms with Gasteiger partial charge in [0.2, 0.25) is 5.91 Å². The van der Waals surface area contributed by atoms with Crippen LogP contribution in [0.4, 0.5) is 0 Å². The summed E-state index contributed by atoms with van der Waals surface area (Å²) >= 11 is 6.24. The Balaban J connectivity index is 0.830. The van der Waals surface area contributed by atoms with Crippen LogP contribution >= 0.6 is 11.6 Å². The highest BCUT2D eigenvalue weighted by atomic mass is 35.5. The van der Waals surface area contributed by atoms with Gasteiger partial charge >= 0.3 is 0 Å². The Hall–Kier alpha value is -5.26. The molecular weight excluding hydrogens is 750 g/mol. The zero-order valence-corrected chi connectivity index (χ0v) is 33.7. The molecule has 3 aliphatic heterocycles. The molecule has 0 spiro atoms. The van der Waals surface area contributed by atoms with Crippen molar-refractivity contribution in [1.29, 1.82) is 5.26 Å². The van der Waals surface area contributed by atoms with E-state index in [0.717, 1.165) is 55.1 Å². The number of carbonyl (C=O) groups excluding carboxylic acids is 5. The first kappa shape index (κ1) is 40.0. The molecule has 15 heteroatoms. The van der Waals surface area contributed by atoms with Crippen molar-refractivity contribution in [1.82, 2.24) is 29.8 Å². The highest BCUT2D eigenvalue weighted by Crippen LogP contribution is 2.55. The Morgan fingerprint density at radius 2 is 1.72 bits per heavy atom. The van der Waals surface area contributed by atoms with E-state index >= 15 is 0 Å². The number of hydrogen-bond acceptors (Lipinski definition) is 10. The molecule has 1 saturated carbocycles. The fourth-order valence-electron chi connectivity index (χ4n) is 9.25. The maximum Gasteiger partial charge on any atom is 0.262 e. The predicted molar refractivity (Wildman–Crippen MR) is 209 cm³/mol. The topological polar surface area (TPSA) is 167 Å². The third-order valence-corrected chi connectivity index (χ3v) is 12.4. The molecule has 0 radical (unpaired) electrons. The number of aromatic nitrogens is 2. The van der Waals surface area contributed by atoms with Crippen LogP contribution in [-0.4, -0.2) is 105 Å². The molecule has 1 aromatic heterocycles. The van der Waals surface area contributed by atoms with E-state index in [2.05, 4.69) is 49.1 Å². The summed E-state index contributed by atoms with van der Waals surface area (Å²) in [7, 11) is 1.37. The lowest BCUT2D eigenvalue weighted by Gasteiger charge is -2.63. The lowest BCUT2D eigenvalue weighted by atomic mass is 9.49. The van der Waals surface area contributed by atoms with Crippen molar-refractivity contribution in [3.05, 3.63) is 76.1 Å². The number of imide groups is 2. The van der Waals surface area contributed by atoms with Crippen molar-refractivity contribution in [3.8, 4) is 17.6 Å². The number of nitrogens with one attached hydrogen (secondary N) is 1. The lowest BCUT2D eigenvalue weighted by molar-refractivity contribution is -0.164. The molecule has 300 valence electrons. The fourth-order valence-corrected chi connectivity index (χ4v) is 9.46. The number of hydrogen-bond donors (Lipinski definition) is 1. The largest absolute Gasteiger partial charge is 0.494 e. The normalized spacial score (nSPS) is 23.9. The average molecular weight is 798 g/mol. The lowest BCUT2D eigenvalue weighted by Crippen LogP contribution is -2.74. The monoisotopic (exact) mass is 797 g/mol. The molecule has 1 aliphatic carbocycles. The van der Waals surface area contributed by atoms with Crippen LogP contribution in [0.3, 0.4) is 0 Å². The molecule has 3 fully saturated rings. The van der Waals surface area contributed by atoms with E-state index in [1.54, 1.807) is 42.6 Å². The molecule has 2 unspecified atom stereocenters. The molecule has 0 bridgehead atoms. The van der Waals surface area contributed by atoms with Crippen LogP contribution in [0.15, 0.2) is 48.8 Å². The van der Waals surface area contributed by atoms with Gasteiger partial charge in [-0.2, -0.15) is 10.4 Å². The van der Waals surface area contributed by atoms with Crippen molar-refractivity contribution >= 4 is 41.1 Å². The molecule has 4 heterocycles. The molecule has 3 aromatic rings. The minimum absolute atomic E-state index is 0.0939. The van der Waals surface area contributed by atoms with Crippen molar-refractivity contribution in [2.24, 2.45) is 10.8 Å². The summed E-state index contributed by atoms with van der Waals surface area (Å²) in [5.41, 5.74) is 0.594. The van der Waals surface area contributed by atoms with Gasteiger partial charge in [0.25, 0.3) is 23.6 Å². The number of likely N-dealkylation sites (tertiary alicyclic amines) is 2. The van der Waals surface area contributed by atoms with Gasteiger partial charge in [-0.25, -0.2) is 0 Å². The van der Waals surface area contributed by atoms with Gasteiger partial charge in [0.15, 0.2) is 0 Å². The smallest absolute Gasteiger partial charge is 0.262 e. The SMILES string of the molecule is CN1C(=O)CCC(N2C(=O)c3ccc(OCCCCCN4CCC(n5cc(C(=O)NC6C(C)(C)C(Oc7ccc(C#N)c(Cl)c7)C6(C)C)cn5)C4)cc3C2=O)C1=O. The van der Waals surface area contributed by atoms with Gasteiger partial charge in [0, 0.05) is 55.7 Å². The van der Waals surface area contributed by atoms with E-state index in [9.17, 15) is 29.2 Å². The summed E-state index contributed by atoms with van der Waals surface area (Å²) in [5.74, 6) is -1.06. The van der Waals surface area contributed by atoms with Crippen LogP contribution in [0.1, 0.15) is 109 Å². The molecule has 2 aromatic carbocycles. The summed E-state index contributed by atoms with van der Waals surface area (Å²) in [5, 5.41) is 17.4. The zero-order valence-electron chi connectivity index (χ0n) is 32.9. The number of ether oxygens (including phenoxy) is 2. The highest BCUT2D eigenvalue weighted by Gasteiger charge is 2.64. The molecule has 4 aliphatic rings. The quantitative estimate of drug-likeness (QED) is 0.178. The van der Waals surface area contributed by atoms with Gasteiger partial charge in [-0.05, 0) is 69.0 Å². The Morgan fingerprint density at radius 1 is 0.982 bits per heavy atom. The molecule has 7 rings (SSSR count). The third kappa shape index (κ3) is 7.50. The number of piperidine rings is 1. The van der Waals surface area contributed by atoms with Crippen molar-refractivity contribution in [2.45, 2.75) is 90.4 Å². The number of fused-ring (bicyclic) bond motifs is 1. The number of unbranched alkanes of at least 4 members (excludes halogenated alkanes) is 2. The van der Waals surface area contributed by atoms with Crippen molar-refractivity contribution in [2.75, 3.05) is 33.3 Å². The molecule has 57 heavy (non-hydrogen) atoms. The molecule has 2 atom stereocenters. The molecule has 14 nitrogen and oxygen atoms in total. The maximum absolute atomic E-state index is 13.5. The summed E-state index contributed by atoms with van der Waals surface area (Å²) in [6, 6.07) is 10.9. The van der Waals surface area contributed by atoms with Crippen LogP contribution in [0.5, 0.6) is 11.5 Å². The Morgan fingerprint density at radius 3 is 2.46 bits per heavy atom. The van der Waals surface area contributed by atoms with E-state index in [1.165, 1.54) is 7.05 Å². The van der Waals surface area contributed by atoms with E-state index in [-0.39, 0.29) is 64.8 Å². The Kier molecular flexibility index (Phi) is 10.9. The first-order valence-electron chi connectivity index (χ1n) is 19.5. The standard InChI is InChI=1S/C42H48ClN7O7/c1-41(2)39(42(3,4)40(41)57-29-10-9-25(21-44)32(43)20-29)46-35(52)26-22-45-49(23-26)27-15-17-48(24-27)16-7-6-8-18-56-28-11-12-30-31(19-28)37(54)50(36(30)53)33-13-14-34(51)47(5)38(33)55/h9-12,19-20,22-23,27,33,39-40H,6-8,13-18,24H2,1-5H3,(H,46,52). The molecule has 1 N–H and O–H groups in total. The molecular formula is C42H48ClN7O7. The first-order valence-corrected chi connectivity index (χ1v) is 19.9. The van der Waals surface area contributed by atoms with Gasteiger partial charge in [-0.3, -0.25) is 38.5 Å². The zero-order chi connectivity index (χ0) is 40.8. The van der Waals surface area contributed by atoms with Crippen molar-refractivity contribution in [3.63, 3.8) is 0 Å². The van der Waals surface area contributed by atoms with E-state index < -0.39 is 23.8 Å². The second-order valence-electron chi connectivity index (χ2n) is 16.7. The number of carbonyl (C=O) groups is 5. The Labute approximate surface area is 337 Å². The van der Waals surface area contributed by atoms with Gasteiger partial charge in [-0.1, -0.05) is 39.3 Å². The van der Waals surface area contributed by atoms with E-state index in [0.29, 0.717) is 34.3 Å². The van der Waals surface area contributed by atoms with Crippen LogP contribution in [-0.2, 0) is 9.59 Å². The number of nitriles is 1. The summed E-state index contributed by atoms with van der Waals surface area (Å²) < 4.78 is 14.2. The fraction of sp³-hybridized carbons (Fsp3) is 0.500. The minimum Gasteiger partial charge on any atom is -0.494 e. The highest BCUT2D eigenvalue weighted by molar-refractivity contribution is 6.31. The molecule has 5 amide bonds. The van der Waals surface area contributed by atoms with Gasteiger partial charge in [0.1, 0.15) is 29.7 Å². The Bertz CT molecular complexity index is 2140. The summed E-state index contributed by atoms with van der Waals surface area (Å²) in [6.07, 6.45) is 7.16. The van der Waals surface area contributed by atoms with Crippen LogP contribution < -0.4 is 14.8 Å². The second kappa shape index (κ2) is 15.6. The third-order valence-electron chi connectivity index (χ3n) is 12.1. The molecule has 2 saturated heterocycles. The number of halogens is 1.